The molecule has 0 spiro atoms. The number of carbonyl (C=O) groups is 1. The van der Waals surface area contributed by atoms with E-state index >= 15 is 0 Å². The fourth-order valence-electron chi connectivity index (χ4n) is 3.14. The number of nitrogens with zero attached hydrogens (tertiary/aromatic N) is 1. The molecule has 0 saturated heterocycles. The molecule has 0 radical (unpaired) electrons. The summed E-state index contributed by atoms with van der Waals surface area (Å²) in [6.07, 6.45) is 1.21. The van der Waals surface area contributed by atoms with Crippen LogP contribution < -0.4 is 4.90 Å². The lowest BCUT2D eigenvalue weighted by molar-refractivity contribution is 0.0559. The summed E-state index contributed by atoms with van der Waals surface area (Å²) in [6, 6.07) is 12.0. The van der Waals surface area contributed by atoms with Crippen molar-refractivity contribution in [3.05, 3.63) is 63.9 Å². The summed E-state index contributed by atoms with van der Waals surface area (Å²) < 4.78 is 19.8. The molecular formula is C20H21BrFNO2. The molecule has 0 aromatic heterocycles. The van der Waals surface area contributed by atoms with Crippen molar-refractivity contribution in [2.45, 2.75) is 45.3 Å². The first-order valence-corrected chi connectivity index (χ1v) is 9.10. The number of halogens is 2. The third-order valence-corrected chi connectivity index (χ3v) is 4.79. The predicted octanol–water partition coefficient (Wildman–Crippen LogP) is 6.02. The quantitative estimate of drug-likeness (QED) is 0.580. The zero-order valence-electron chi connectivity index (χ0n) is 14.6. The highest BCUT2D eigenvalue weighted by molar-refractivity contribution is 9.10. The van der Waals surface area contributed by atoms with Crippen molar-refractivity contribution < 1.29 is 13.9 Å². The lowest BCUT2D eigenvalue weighted by atomic mass is 9.91. The van der Waals surface area contributed by atoms with E-state index in [0.29, 0.717) is 0 Å². The van der Waals surface area contributed by atoms with Gasteiger partial charge >= 0.3 is 6.09 Å². The monoisotopic (exact) mass is 405 g/mol. The summed E-state index contributed by atoms with van der Waals surface area (Å²) in [5.74, 6) is -0.287. The molecular weight excluding hydrogens is 385 g/mol. The van der Waals surface area contributed by atoms with Crippen molar-refractivity contribution in [3.8, 4) is 0 Å². The Kier molecular flexibility index (Phi) is 4.87. The number of anilines is 1. The molecule has 1 amide bonds. The maximum atomic E-state index is 13.3. The Morgan fingerprint density at radius 3 is 2.52 bits per heavy atom. The molecule has 132 valence electrons. The number of amides is 1. The molecule has 1 aliphatic heterocycles. The summed E-state index contributed by atoms with van der Waals surface area (Å²) >= 11 is 3.57. The van der Waals surface area contributed by atoms with Crippen molar-refractivity contribution in [1.82, 2.24) is 0 Å². The van der Waals surface area contributed by atoms with Crippen LogP contribution in [0.1, 0.15) is 44.4 Å². The Balaban J connectivity index is 2.07. The van der Waals surface area contributed by atoms with Crippen molar-refractivity contribution in [1.29, 1.82) is 0 Å². The average molecular weight is 406 g/mol. The number of para-hydroxylation sites is 1. The smallest absolute Gasteiger partial charge is 0.415 e. The summed E-state index contributed by atoms with van der Waals surface area (Å²) in [4.78, 5) is 14.7. The Hall–Kier alpha value is -1.88. The Morgan fingerprint density at radius 1 is 1.20 bits per heavy atom. The zero-order chi connectivity index (χ0) is 18.2. The first-order chi connectivity index (χ1) is 11.8. The highest BCUT2D eigenvalue weighted by Crippen LogP contribution is 2.43. The molecule has 1 heterocycles. The van der Waals surface area contributed by atoms with E-state index in [1.807, 2.05) is 39.0 Å². The first kappa shape index (κ1) is 17.9. The van der Waals surface area contributed by atoms with Crippen LogP contribution in [0.5, 0.6) is 0 Å². The maximum Gasteiger partial charge on any atom is 0.415 e. The van der Waals surface area contributed by atoms with Gasteiger partial charge in [-0.05, 0) is 78.9 Å². The molecule has 2 aromatic carbocycles. The summed E-state index contributed by atoms with van der Waals surface area (Å²) in [7, 11) is 0. The summed E-state index contributed by atoms with van der Waals surface area (Å²) in [6.45, 7) is 5.55. The Morgan fingerprint density at radius 2 is 1.88 bits per heavy atom. The van der Waals surface area contributed by atoms with E-state index in [9.17, 15) is 9.18 Å². The zero-order valence-corrected chi connectivity index (χ0v) is 16.1. The number of rotatable bonds is 1. The lowest BCUT2D eigenvalue weighted by Gasteiger charge is -2.38. The largest absolute Gasteiger partial charge is 0.443 e. The van der Waals surface area contributed by atoms with Gasteiger partial charge < -0.3 is 4.74 Å². The van der Waals surface area contributed by atoms with Crippen LogP contribution in [-0.2, 0) is 11.2 Å². The molecule has 0 bridgehead atoms. The van der Waals surface area contributed by atoms with Gasteiger partial charge in [-0.1, -0.05) is 24.3 Å². The van der Waals surface area contributed by atoms with Crippen molar-refractivity contribution >= 4 is 27.7 Å². The Labute approximate surface area is 155 Å². The van der Waals surface area contributed by atoms with E-state index in [4.69, 9.17) is 4.74 Å². The first-order valence-electron chi connectivity index (χ1n) is 8.31. The Bertz CT molecular complexity index is 783. The molecule has 0 saturated carbocycles. The average Bonchev–Trinajstić information content (AvgIpc) is 2.53. The molecule has 2 aromatic rings. The second kappa shape index (κ2) is 6.79. The molecule has 0 fully saturated rings. The van der Waals surface area contributed by atoms with Gasteiger partial charge in [0.2, 0.25) is 0 Å². The molecule has 1 atom stereocenters. The number of benzene rings is 2. The SMILES string of the molecule is CC(C)(C)OC(=O)N1c2c(Br)cccc2CCC1c1ccc(F)cc1. The normalized spacial score (nSPS) is 17.2. The molecule has 0 aliphatic carbocycles. The van der Waals surface area contributed by atoms with E-state index in [-0.39, 0.29) is 11.9 Å². The number of ether oxygens (including phenoxy) is 1. The minimum absolute atomic E-state index is 0.193. The van der Waals surface area contributed by atoms with Crippen LogP contribution in [0.4, 0.5) is 14.9 Å². The van der Waals surface area contributed by atoms with E-state index in [1.165, 1.54) is 12.1 Å². The number of aryl methyl sites for hydroxylation is 1. The second-order valence-electron chi connectivity index (χ2n) is 7.20. The number of hydrogen-bond acceptors (Lipinski definition) is 2. The molecule has 3 rings (SSSR count). The van der Waals surface area contributed by atoms with E-state index in [1.54, 1.807) is 17.0 Å². The van der Waals surface area contributed by atoms with Gasteiger partial charge in [0, 0.05) is 4.47 Å². The van der Waals surface area contributed by atoms with Gasteiger partial charge in [-0.25, -0.2) is 9.18 Å². The third-order valence-electron chi connectivity index (χ3n) is 4.16. The van der Waals surface area contributed by atoms with Crippen LogP contribution in [0.2, 0.25) is 0 Å². The molecule has 1 aliphatic rings. The molecule has 25 heavy (non-hydrogen) atoms. The minimum atomic E-state index is -0.594. The van der Waals surface area contributed by atoms with Gasteiger partial charge in [0.05, 0.1) is 11.7 Å². The highest BCUT2D eigenvalue weighted by Gasteiger charge is 2.36. The number of hydrogen-bond donors (Lipinski definition) is 0. The maximum absolute atomic E-state index is 13.3. The number of carbonyl (C=O) groups excluding carboxylic acids is 1. The molecule has 0 N–H and O–H groups in total. The summed E-state index contributed by atoms with van der Waals surface area (Å²) in [5.41, 5.74) is 2.23. The van der Waals surface area contributed by atoms with E-state index < -0.39 is 11.7 Å². The third kappa shape index (κ3) is 3.87. The summed E-state index contributed by atoms with van der Waals surface area (Å²) in [5, 5.41) is 0. The van der Waals surface area contributed by atoms with Gasteiger partial charge in [-0.15, -0.1) is 0 Å². The molecule has 3 nitrogen and oxygen atoms in total. The van der Waals surface area contributed by atoms with Crippen LogP contribution in [0, 0.1) is 5.82 Å². The fourth-order valence-corrected chi connectivity index (χ4v) is 3.74. The second-order valence-corrected chi connectivity index (χ2v) is 8.06. The van der Waals surface area contributed by atoms with Crippen LogP contribution in [0.15, 0.2) is 46.9 Å². The number of fused-ring (bicyclic) bond motifs is 1. The highest BCUT2D eigenvalue weighted by atomic mass is 79.9. The van der Waals surface area contributed by atoms with Gasteiger partial charge in [-0.3, -0.25) is 4.90 Å². The van der Waals surface area contributed by atoms with Crippen molar-refractivity contribution in [3.63, 3.8) is 0 Å². The van der Waals surface area contributed by atoms with E-state index in [2.05, 4.69) is 15.9 Å². The van der Waals surface area contributed by atoms with Gasteiger partial charge in [0.1, 0.15) is 11.4 Å². The van der Waals surface area contributed by atoms with Gasteiger partial charge in [0.15, 0.2) is 0 Å². The molecule has 5 heteroatoms. The van der Waals surface area contributed by atoms with Crippen molar-refractivity contribution in [2.75, 3.05) is 4.90 Å². The van der Waals surface area contributed by atoms with Crippen LogP contribution in [-0.4, -0.2) is 11.7 Å². The van der Waals surface area contributed by atoms with Crippen LogP contribution >= 0.6 is 15.9 Å². The molecule has 1 unspecified atom stereocenters. The lowest BCUT2D eigenvalue weighted by Crippen LogP contribution is -2.42. The fraction of sp³-hybridized carbons (Fsp3) is 0.350. The predicted molar refractivity (Wildman–Crippen MR) is 100 cm³/mol. The van der Waals surface area contributed by atoms with Gasteiger partial charge in [-0.2, -0.15) is 0 Å². The van der Waals surface area contributed by atoms with E-state index in [0.717, 1.165) is 34.1 Å². The minimum Gasteiger partial charge on any atom is -0.443 e. The van der Waals surface area contributed by atoms with Crippen LogP contribution in [0.25, 0.3) is 0 Å². The topological polar surface area (TPSA) is 29.5 Å². The van der Waals surface area contributed by atoms with Crippen molar-refractivity contribution in [2.24, 2.45) is 0 Å². The van der Waals surface area contributed by atoms with Crippen LogP contribution in [0.3, 0.4) is 0 Å². The van der Waals surface area contributed by atoms with Gasteiger partial charge in [0.25, 0.3) is 0 Å². The standard InChI is InChI=1S/C20H21BrFNO2/c1-20(2,3)25-19(24)23-17(13-7-10-15(22)11-8-13)12-9-14-5-4-6-16(21)18(14)23/h4-8,10-11,17H,9,12H2,1-3H3.